The van der Waals surface area contributed by atoms with Crippen molar-refractivity contribution < 1.29 is 4.79 Å². The molecular formula is C10H15N3O. The molecule has 0 spiro atoms. The smallest absolute Gasteiger partial charge is 0.219 e. The molecule has 1 fully saturated rings. The second-order valence-electron chi connectivity index (χ2n) is 3.88. The van der Waals surface area contributed by atoms with E-state index in [0.29, 0.717) is 5.92 Å². The maximum absolute atomic E-state index is 11.1. The number of rotatable bonds is 2. The Bertz CT molecular complexity index is 307. The van der Waals surface area contributed by atoms with Crippen LogP contribution in [0.25, 0.3) is 0 Å². The van der Waals surface area contributed by atoms with E-state index in [1.807, 2.05) is 17.4 Å². The van der Waals surface area contributed by atoms with Crippen molar-refractivity contribution in [1.29, 1.82) is 0 Å². The van der Waals surface area contributed by atoms with Crippen molar-refractivity contribution in [2.75, 3.05) is 13.1 Å². The van der Waals surface area contributed by atoms with Gasteiger partial charge in [-0.2, -0.15) is 0 Å². The van der Waals surface area contributed by atoms with Crippen LogP contribution in [-0.2, 0) is 11.3 Å². The van der Waals surface area contributed by atoms with Crippen LogP contribution < -0.4 is 0 Å². The van der Waals surface area contributed by atoms with Crippen molar-refractivity contribution in [1.82, 2.24) is 14.5 Å². The van der Waals surface area contributed by atoms with Gasteiger partial charge in [-0.05, 0) is 12.3 Å². The number of aromatic nitrogens is 2. The Balaban J connectivity index is 1.87. The first kappa shape index (κ1) is 9.24. The molecule has 1 aliphatic rings. The Morgan fingerprint density at radius 2 is 2.50 bits per heavy atom. The van der Waals surface area contributed by atoms with Crippen LogP contribution in [0.15, 0.2) is 18.7 Å². The van der Waals surface area contributed by atoms with Gasteiger partial charge in [-0.1, -0.05) is 0 Å². The number of nitrogens with zero attached hydrogens (tertiary/aromatic N) is 3. The van der Waals surface area contributed by atoms with E-state index in [9.17, 15) is 4.79 Å². The van der Waals surface area contributed by atoms with Gasteiger partial charge in [0.2, 0.25) is 5.91 Å². The molecule has 0 bridgehead atoms. The van der Waals surface area contributed by atoms with E-state index in [0.717, 1.165) is 26.1 Å². The summed E-state index contributed by atoms with van der Waals surface area (Å²) >= 11 is 0. The lowest BCUT2D eigenvalue weighted by Gasteiger charge is -2.13. The zero-order valence-electron chi connectivity index (χ0n) is 8.39. The summed E-state index contributed by atoms with van der Waals surface area (Å²) < 4.78 is 2.08. The number of carbonyl (C=O) groups is 1. The van der Waals surface area contributed by atoms with E-state index in [4.69, 9.17) is 0 Å². The Morgan fingerprint density at radius 3 is 3.07 bits per heavy atom. The van der Waals surface area contributed by atoms with Gasteiger partial charge in [0.25, 0.3) is 0 Å². The number of hydrogen-bond acceptors (Lipinski definition) is 2. The first-order valence-electron chi connectivity index (χ1n) is 4.97. The van der Waals surface area contributed by atoms with Crippen molar-refractivity contribution in [2.45, 2.75) is 19.9 Å². The summed E-state index contributed by atoms with van der Waals surface area (Å²) in [5.41, 5.74) is 0. The van der Waals surface area contributed by atoms with Gasteiger partial charge in [-0.3, -0.25) is 4.79 Å². The van der Waals surface area contributed by atoms with E-state index >= 15 is 0 Å². The van der Waals surface area contributed by atoms with Crippen molar-refractivity contribution in [3.05, 3.63) is 18.7 Å². The molecular weight excluding hydrogens is 178 g/mol. The zero-order chi connectivity index (χ0) is 9.97. The van der Waals surface area contributed by atoms with E-state index < -0.39 is 0 Å². The predicted octanol–water partition coefficient (Wildman–Crippen LogP) is 0.752. The number of carbonyl (C=O) groups excluding carboxylic acids is 1. The average molecular weight is 193 g/mol. The molecule has 0 aliphatic carbocycles. The minimum atomic E-state index is 0.193. The van der Waals surface area contributed by atoms with Crippen LogP contribution >= 0.6 is 0 Å². The van der Waals surface area contributed by atoms with E-state index in [1.165, 1.54) is 0 Å². The minimum absolute atomic E-state index is 0.193. The summed E-state index contributed by atoms with van der Waals surface area (Å²) in [4.78, 5) is 17.0. The SMILES string of the molecule is CC(=O)N1CCC(Cn2ccnc2)C1. The molecule has 2 rings (SSSR count). The molecule has 2 heterocycles. The zero-order valence-corrected chi connectivity index (χ0v) is 8.39. The predicted molar refractivity (Wildman–Crippen MR) is 52.6 cm³/mol. The van der Waals surface area contributed by atoms with Gasteiger partial charge in [-0.15, -0.1) is 0 Å². The molecule has 4 nitrogen and oxygen atoms in total. The standard InChI is InChI=1S/C10H15N3O/c1-9(14)13-4-2-10(7-13)6-12-5-3-11-8-12/h3,5,8,10H,2,4,6-7H2,1H3. The molecule has 4 heteroatoms. The molecule has 1 unspecified atom stereocenters. The topological polar surface area (TPSA) is 38.1 Å². The third-order valence-electron chi connectivity index (χ3n) is 2.76. The van der Waals surface area contributed by atoms with Crippen LogP contribution in [0.3, 0.4) is 0 Å². The lowest BCUT2D eigenvalue weighted by Crippen LogP contribution is -2.26. The van der Waals surface area contributed by atoms with Gasteiger partial charge >= 0.3 is 0 Å². The molecule has 14 heavy (non-hydrogen) atoms. The first-order valence-corrected chi connectivity index (χ1v) is 4.97. The highest BCUT2D eigenvalue weighted by molar-refractivity contribution is 5.73. The van der Waals surface area contributed by atoms with Crippen LogP contribution in [0.4, 0.5) is 0 Å². The molecule has 1 aromatic heterocycles. The van der Waals surface area contributed by atoms with Crippen molar-refractivity contribution in [3.8, 4) is 0 Å². The van der Waals surface area contributed by atoms with Crippen LogP contribution in [0.1, 0.15) is 13.3 Å². The van der Waals surface area contributed by atoms with Crippen molar-refractivity contribution in [3.63, 3.8) is 0 Å². The molecule has 1 saturated heterocycles. The van der Waals surface area contributed by atoms with E-state index in [2.05, 4.69) is 9.55 Å². The van der Waals surface area contributed by atoms with Gasteiger partial charge in [0.1, 0.15) is 0 Å². The minimum Gasteiger partial charge on any atom is -0.343 e. The van der Waals surface area contributed by atoms with Crippen LogP contribution in [-0.4, -0.2) is 33.4 Å². The van der Waals surface area contributed by atoms with Gasteiger partial charge in [0.15, 0.2) is 0 Å². The summed E-state index contributed by atoms with van der Waals surface area (Å²) in [7, 11) is 0. The number of likely N-dealkylation sites (tertiary alicyclic amines) is 1. The fourth-order valence-electron chi connectivity index (χ4n) is 1.96. The van der Waals surface area contributed by atoms with Gasteiger partial charge in [0, 0.05) is 39.0 Å². The number of amides is 1. The monoisotopic (exact) mass is 193 g/mol. The maximum Gasteiger partial charge on any atom is 0.219 e. The largest absolute Gasteiger partial charge is 0.343 e. The summed E-state index contributed by atoms with van der Waals surface area (Å²) in [5.74, 6) is 0.784. The molecule has 0 radical (unpaired) electrons. The van der Waals surface area contributed by atoms with Crippen LogP contribution in [0, 0.1) is 5.92 Å². The average Bonchev–Trinajstić information content (AvgIpc) is 2.75. The molecule has 0 aromatic carbocycles. The maximum atomic E-state index is 11.1. The molecule has 0 N–H and O–H groups in total. The molecule has 1 aromatic rings. The van der Waals surface area contributed by atoms with Gasteiger partial charge < -0.3 is 9.47 Å². The highest BCUT2D eigenvalue weighted by Crippen LogP contribution is 2.17. The Kier molecular flexibility index (Phi) is 2.52. The summed E-state index contributed by atoms with van der Waals surface area (Å²) in [6.07, 6.45) is 6.70. The fourth-order valence-corrected chi connectivity index (χ4v) is 1.96. The summed E-state index contributed by atoms with van der Waals surface area (Å²) in [5, 5.41) is 0. The Hall–Kier alpha value is -1.32. The second-order valence-corrected chi connectivity index (χ2v) is 3.88. The summed E-state index contributed by atoms with van der Waals surface area (Å²) in [6, 6.07) is 0. The first-order chi connectivity index (χ1) is 6.75. The van der Waals surface area contributed by atoms with Crippen molar-refractivity contribution in [2.24, 2.45) is 5.92 Å². The molecule has 0 saturated carbocycles. The molecule has 1 atom stereocenters. The van der Waals surface area contributed by atoms with E-state index in [-0.39, 0.29) is 5.91 Å². The van der Waals surface area contributed by atoms with E-state index in [1.54, 1.807) is 13.1 Å². The second kappa shape index (κ2) is 3.82. The van der Waals surface area contributed by atoms with Gasteiger partial charge in [0.05, 0.1) is 6.33 Å². The normalized spacial score (nSPS) is 21.5. The Morgan fingerprint density at radius 1 is 1.64 bits per heavy atom. The molecule has 1 amide bonds. The highest BCUT2D eigenvalue weighted by Gasteiger charge is 2.23. The number of hydrogen-bond donors (Lipinski definition) is 0. The third kappa shape index (κ3) is 1.95. The fraction of sp³-hybridized carbons (Fsp3) is 0.600. The summed E-state index contributed by atoms with van der Waals surface area (Å²) in [6.45, 7) is 4.42. The highest BCUT2D eigenvalue weighted by atomic mass is 16.2. The van der Waals surface area contributed by atoms with Crippen molar-refractivity contribution >= 4 is 5.91 Å². The van der Waals surface area contributed by atoms with Crippen LogP contribution in [0.2, 0.25) is 0 Å². The quantitative estimate of drug-likeness (QED) is 0.695. The lowest BCUT2D eigenvalue weighted by atomic mass is 10.1. The third-order valence-corrected chi connectivity index (χ3v) is 2.76. The van der Waals surface area contributed by atoms with Crippen LogP contribution in [0.5, 0.6) is 0 Å². The lowest BCUT2D eigenvalue weighted by molar-refractivity contribution is -0.127. The van der Waals surface area contributed by atoms with Gasteiger partial charge in [-0.25, -0.2) is 4.98 Å². The molecule has 1 aliphatic heterocycles. The number of imidazole rings is 1. The Labute approximate surface area is 83.5 Å². The molecule has 76 valence electrons.